The summed E-state index contributed by atoms with van der Waals surface area (Å²) >= 11 is 1.97. The third-order valence-corrected chi connectivity index (χ3v) is 5.56. The second-order valence-electron chi connectivity index (χ2n) is 6.83. The molecule has 1 fully saturated rings. The number of thioether (sulfide) groups is 1. The Bertz CT molecular complexity index is 711. The minimum atomic E-state index is -0.506. The van der Waals surface area contributed by atoms with Crippen LogP contribution in [0.1, 0.15) is 11.1 Å². The molecule has 2 N–H and O–H groups in total. The van der Waals surface area contributed by atoms with Crippen molar-refractivity contribution in [2.75, 3.05) is 44.9 Å². The molecular weight excluding hydrogens is 374 g/mol. The summed E-state index contributed by atoms with van der Waals surface area (Å²) in [7, 11) is 1.64. The molecule has 0 spiro atoms. The van der Waals surface area contributed by atoms with Gasteiger partial charge in [-0.1, -0.05) is 12.1 Å². The number of aliphatic hydroxyl groups is 1. The van der Waals surface area contributed by atoms with Gasteiger partial charge >= 0.3 is 0 Å². The van der Waals surface area contributed by atoms with Crippen molar-refractivity contribution in [3.63, 3.8) is 0 Å². The molecule has 0 saturated carbocycles. The molecule has 1 unspecified atom stereocenters. The molecule has 0 radical (unpaired) electrons. The van der Waals surface area contributed by atoms with Crippen LogP contribution in [0.15, 0.2) is 42.7 Å². The van der Waals surface area contributed by atoms with E-state index in [2.05, 4.69) is 15.2 Å². The van der Waals surface area contributed by atoms with Crippen LogP contribution < -0.4 is 14.8 Å². The van der Waals surface area contributed by atoms with Gasteiger partial charge < -0.3 is 19.9 Å². The molecule has 0 aliphatic carbocycles. The molecule has 2 aromatic rings. The number of rotatable bonds is 10. The number of aliphatic hydroxyl groups excluding tert-OH is 1. The van der Waals surface area contributed by atoms with Crippen LogP contribution in [0.2, 0.25) is 0 Å². The fourth-order valence-electron chi connectivity index (χ4n) is 3.12. The molecule has 6 nitrogen and oxygen atoms in total. The van der Waals surface area contributed by atoms with Gasteiger partial charge in [0, 0.05) is 56.6 Å². The van der Waals surface area contributed by atoms with Gasteiger partial charge in [0.2, 0.25) is 0 Å². The summed E-state index contributed by atoms with van der Waals surface area (Å²) in [5.74, 6) is 3.61. The highest BCUT2D eigenvalue weighted by Crippen LogP contribution is 2.28. The molecule has 1 atom stereocenters. The Hall–Kier alpha value is -1.80. The van der Waals surface area contributed by atoms with Gasteiger partial charge in [-0.2, -0.15) is 11.8 Å². The number of nitrogens with one attached hydrogen (secondary N) is 1. The SMILES string of the molecule is COc1cc(CNCc2cccnc2)ccc1OCC(O)CN1CCSCC1. The van der Waals surface area contributed by atoms with Crippen LogP contribution >= 0.6 is 11.8 Å². The molecule has 1 aliphatic rings. The van der Waals surface area contributed by atoms with Crippen molar-refractivity contribution in [2.45, 2.75) is 19.2 Å². The number of hydrogen-bond acceptors (Lipinski definition) is 7. The second kappa shape index (κ2) is 11.3. The number of nitrogens with zero attached hydrogens (tertiary/aromatic N) is 2. The van der Waals surface area contributed by atoms with Crippen LogP contribution in [0.5, 0.6) is 11.5 Å². The van der Waals surface area contributed by atoms with Gasteiger partial charge in [-0.15, -0.1) is 0 Å². The molecule has 3 rings (SSSR count). The third kappa shape index (κ3) is 6.67. The molecule has 152 valence electrons. The first-order chi connectivity index (χ1) is 13.7. The van der Waals surface area contributed by atoms with Gasteiger partial charge in [-0.25, -0.2) is 0 Å². The lowest BCUT2D eigenvalue weighted by atomic mass is 10.2. The number of methoxy groups -OCH3 is 1. The Labute approximate surface area is 171 Å². The molecule has 1 aromatic carbocycles. The molecule has 1 saturated heterocycles. The summed E-state index contributed by atoms with van der Waals surface area (Å²) < 4.78 is 11.3. The van der Waals surface area contributed by atoms with Crippen molar-refractivity contribution in [1.29, 1.82) is 0 Å². The maximum Gasteiger partial charge on any atom is 0.161 e. The first-order valence-electron chi connectivity index (χ1n) is 9.62. The summed E-state index contributed by atoms with van der Waals surface area (Å²) in [6.45, 7) is 4.46. The summed E-state index contributed by atoms with van der Waals surface area (Å²) in [4.78, 5) is 6.41. The highest BCUT2D eigenvalue weighted by molar-refractivity contribution is 7.99. The van der Waals surface area contributed by atoms with E-state index >= 15 is 0 Å². The van der Waals surface area contributed by atoms with Crippen LogP contribution in [-0.4, -0.2) is 66.0 Å². The third-order valence-electron chi connectivity index (χ3n) is 4.61. The average molecular weight is 404 g/mol. The fraction of sp³-hybridized carbons (Fsp3) is 0.476. The molecule has 2 heterocycles. The van der Waals surface area contributed by atoms with Crippen LogP contribution in [0.3, 0.4) is 0 Å². The van der Waals surface area contributed by atoms with Crippen molar-refractivity contribution < 1.29 is 14.6 Å². The lowest BCUT2D eigenvalue weighted by Gasteiger charge is -2.28. The Morgan fingerprint density at radius 2 is 2.00 bits per heavy atom. The number of benzene rings is 1. The monoisotopic (exact) mass is 403 g/mol. The van der Waals surface area contributed by atoms with Gasteiger partial charge in [0.05, 0.1) is 7.11 Å². The highest BCUT2D eigenvalue weighted by atomic mass is 32.2. The Morgan fingerprint density at radius 3 is 2.75 bits per heavy atom. The van der Waals surface area contributed by atoms with Gasteiger partial charge in [-0.3, -0.25) is 9.88 Å². The number of β-amino-alcohol motifs (C(OH)–C–C–N with tert-alkyl or cyclic N) is 1. The van der Waals surface area contributed by atoms with Crippen LogP contribution in [-0.2, 0) is 13.1 Å². The summed E-state index contributed by atoms with van der Waals surface area (Å²) in [5.41, 5.74) is 2.26. The van der Waals surface area contributed by atoms with E-state index in [9.17, 15) is 5.11 Å². The van der Waals surface area contributed by atoms with Crippen molar-refractivity contribution >= 4 is 11.8 Å². The normalized spacial score (nSPS) is 15.9. The van der Waals surface area contributed by atoms with E-state index in [1.54, 1.807) is 13.3 Å². The fourth-order valence-corrected chi connectivity index (χ4v) is 4.09. The minimum Gasteiger partial charge on any atom is -0.493 e. The second-order valence-corrected chi connectivity index (χ2v) is 8.05. The van der Waals surface area contributed by atoms with Gasteiger partial charge in [-0.05, 0) is 29.3 Å². The standard InChI is InChI=1S/C21H29N3O3S/c1-26-21-11-17(12-23-14-18-3-2-6-22-13-18)4-5-20(21)27-16-19(25)15-24-7-9-28-10-8-24/h2-6,11,13,19,23,25H,7-10,12,14-16H2,1H3. The van der Waals surface area contributed by atoms with Crippen LogP contribution in [0.25, 0.3) is 0 Å². The largest absolute Gasteiger partial charge is 0.493 e. The van der Waals surface area contributed by atoms with E-state index < -0.39 is 6.10 Å². The molecule has 0 amide bonds. The minimum absolute atomic E-state index is 0.263. The molecular formula is C21H29N3O3S. The lowest BCUT2D eigenvalue weighted by Crippen LogP contribution is -2.40. The zero-order valence-corrected chi connectivity index (χ0v) is 17.2. The molecule has 1 aliphatic heterocycles. The first-order valence-corrected chi connectivity index (χ1v) is 10.8. The van der Waals surface area contributed by atoms with E-state index in [0.717, 1.165) is 48.8 Å². The van der Waals surface area contributed by atoms with E-state index in [1.165, 1.54) is 0 Å². The number of ether oxygens (including phenoxy) is 2. The van der Waals surface area contributed by atoms with Gasteiger partial charge in [0.1, 0.15) is 12.7 Å². The molecule has 7 heteroatoms. The zero-order chi connectivity index (χ0) is 19.6. The summed E-state index contributed by atoms with van der Waals surface area (Å²) in [5, 5.41) is 13.7. The number of hydrogen-bond donors (Lipinski definition) is 2. The Balaban J connectivity index is 1.46. The number of aromatic nitrogens is 1. The highest BCUT2D eigenvalue weighted by Gasteiger charge is 2.16. The van der Waals surface area contributed by atoms with Crippen molar-refractivity contribution in [3.05, 3.63) is 53.9 Å². The van der Waals surface area contributed by atoms with E-state index in [0.29, 0.717) is 18.0 Å². The van der Waals surface area contributed by atoms with Crippen molar-refractivity contribution in [3.8, 4) is 11.5 Å². The molecule has 0 bridgehead atoms. The Morgan fingerprint density at radius 1 is 1.18 bits per heavy atom. The van der Waals surface area contributed by atoms with E-state index in [4.69, 9.17) is 9.47 Å². The summed E-state index contributed by atoms with van der Waals surface area (Å²) in [6.07, 6.45) is 3.13. The van der Waals surface area contributed by atoms with Gasteiger partial charge in [0.25, 0.3) is 0 Å². The Kier molecular flexibility index (Phi) is 8.42. The van der Waals surface area contributed by atoms with Gasteiger partial charge in [0.15, 0.2) is 11.5 Å². The maximum absolute atomic E-state index is 10.3. The van der Waals surface area contributed by atoms with E-state index in [1.807, 2.05) is 48.3 Å². The van der Waals surface area contributed by atoms with Crippen LogP contribution in [0.4, 0.5) is 0 Å². The predicted molar refractivity (Wildman–Crippen MR) is 113 cm³/mol. The maximum atomic E-state index is 10.3. The van der Waals surface area contributed by atoms with Crippen molar-refractivity contribution in [2.24, 2.45) is 0 Å². The van der Waals surface area contributed by atoms with E-state index in [-0.39, 0.29) is 6.61 Å². The first kappa shape index (κ1) is 20.9. The topological polar surface area (TPSA) is 66.8 Å². The number of pyridine rings is 1. The smallest absolute Gasteiger partial charge is 0.161 e. The zero-order valence-electron chi connectivity index (χ0n) is 16.3. The quantitative estimate of drug-likeness (QED) is 0.630. The van der Waals surface area contributed by atoms with Crippen molar-refractivity contribution in [1.82, 2.24) is 15.2 Å². The average Bonchev–Trinajstić information content (AvgIpc) is 2.74. The predicted octanol–water partition coefficient (Wildman–Crippen LogP) is 2.17. The summed E-state index contributed by atoms with van der Waals surface area (Å²) in [6, 6.07) is 9.88. The lowest BCUT2D eigenvalue weighted by molar-refractivity contribution is 0.0705. The molecule has 28 heavy (non-hydrogen) atoms. The molecule has 1 aromatic heterocycles. The van der Waals surface area contributed by atoms with Crippen LogP contribution in [0, 0.1) is 0 Å².